The lowest BCUT2D eigenvalue weighted by Gasteiger charge is -2.28. The van der Waals surface area contributed by atoms with Crippen LogP contribution < -0.4 is 0 Å². The first-order valence-corrected chi connectivity index (χ1v) is 5.39. The molecule has 0 saturated carbocycles. The van der Waals surface area contributed by atoms with Crippen LogP contribution in [-0.2, 0) is 9.59 Å². The lowest BCUT2D eigenvalue weighted by Crippen LogP contribution is -2.44. The van der Waals surface area contributed by atoms with Crippen LogP contribution in [0, 0.1) is 0 Å². The van der Waals surface area contributed by atoms with Crippen LogP contribution in [0.3, 0.4) is 0 Å². The molecule has 0 aliphatic heterocycles. The molecule has 1 aliphatic rings. The predicted octanol–water partition coefficient (Wildman–Crippen LogP) is 1.33. The number of carbonyl (C=O) groups excluding carboxylic acids is 2. The van der Waals surface area contributed by atoms with Crippen molar-refractivity contribution in [1.29, 1.82) is 0 Å². The molecule has 0 aromatic heterocycles. The van der Waals surface area contributed by atoms with Crippen molar-refractivity contribution < 1.29 is 24.9 Å². The van der Waals surface area contributed by atoms with E-state index in [0.717, 1.165) is 6.92 Å². The molecule has 0 amide bonds. The van der Waals surface area contributed by atoms with Gasteiger partial charge in [0.1, 0.15) is 17.1 Å². The first kappa shape index (κ1) is 13.4. The predicted molar refractivity (Wildman–Crippen MR) is 60.5 cm³/mol. The number of aliphatic hydroxyl groups is 3. The summed E-state index contributed by atoms with van der Waals surface area (Å²) in [6, 6.07) is 0. The molecule has 1 rings (SSSR count). The Morgan fingerprint density at radius 1 is 1.35 bits per heavy atom. The van der Waals surface area contributed by atoms with Crippen LogP contribution in [0.1, 0.15) is 33.6 Å². The number of carbonyl (C=O) groups is 2. The van der Waals surface area contributed by atoms with E-state index < -0.39 is 34.3 Å². The van der Waals surface area contributed by atoms with Gasteiger partial charge in [-0.25, -0.2) is 0 Å². The number of rotatable bonds is 3. The molecule has 0 radical (unpaired) electrons. The van der Waals surface area contributed by atoms with Gasteiger partial charge in [-0.3, -0.25) is 9.59 Å². The van der Waals surface area contributed by atoms with Crippen LogP contribution in [0.25, 0.3) is 0 Å². The van der Waals surface area contributed by atoms with Crippen molar-refractivity contribution in [3.63, 3.8) is 0 Å². The third kappa shape index (κ3) is 1.98. The second kappa shape index (κ2) is 4.33. The molecule has 0 heterocycles. The van der Waals surface area contributed by atoms with E-state index in [-0.39, 0.29) is 12.0 Å². The van der Waals surface area contributed by atoms with Gasteiger partial charge >= 0.3 is 0 Å². The van der Waals surface area contributed by atoms with Gasteiger partial charge < -0.3 is 15.3 Å². The summed E-state index contributed by atoms with van der Waals surface area (Å²) >= 11 is 0. The molecule has 1 aliphatic carbocycles. The summed E-state index contributed by atoms with van der Waals surface area (Å²) in [4.78, 5) is 23.6. The highest BCUT2D eigenvalue weighted by atomic mass is 16.3. The first-order valence-electron chi connectivity index (χ1n) is 5.39. The summed E-state index contributed by atoms with van der Waals surface area (Å²) in [5.41, 5.74) is -2.61. The molecule has 1 unspecified atom stereocenters. The summed E-state index contributed by atoms with van der Waals surface area (Å²) in [6.45, 7) is 4.20. The highest BCUT2D eigenvalue weighted by Gasteiger charge is 2.45. The molecule has 17 heavy (non-hydrogen) atoms. The average molecular weight is 240 g/mol. The third-order valence-electron chi connectivity index (χ3n) is 2.83. The molecule has 0 spiro atoms. The summed E-state index contributed by atoms with van der Waals surface area (Å²) in [5.74, 6) is -2.65. The number of hydrogen-bond acceptors (Lipinski definition) is 5. The molecule has 0 saturated heterocycles. The fourth-order valence-corrected chi connectivity index (χ4v) is 1.73. The number of Topliss-reactive ketones (excluding diaryl/α,β-unsaturated/α-hetero) is 2. The van der Waals surface area contributed by atoms with E-state index in [9.17, 15) is 24.9 Å². The Bertz CT molecular complexity index is 440. The molecular weight excluding hydrogens is 224 g/mol. The maximum atomic E-state index is 11.8. The lowest BCUT2D eigenvalue weighted by molar-refractivity contribution is -0.133. The third-order valence-corrected chi connectivity index (χ3v) is 2.83. The Labute approximate surface area is 99.1 Å². The van der Waals surface area contributed by atoms with Gasteiger partial charge in [0.2, 0.25) is 5.78 Å². The molecule has 5 nitrogen and oxygen atoms in total. The van der Waals surface area contributed by atoms with Gasteiger partial charge in [-0.2, -0.15) is 0 Å². The Kier molecular flexibility index (Phi) is 3.43. The van der Waals surface area contributed by atoms with Gasteiger partial charge in [-0.15, -0.1) is 0 Å². The molecule has 1 atom stereocenters. The first-order chi connectivity index (χ1) is 7.75. The van der Waals surface area contributed by atoms with E-state index in [1.165, 1.54) is 6.92 Å². The second-order valence-corrected chi connectivity index (χ2v) is 4.27. The van der Waals surface area contributed by atoms with E-state index in [1.807, 2.05) is 0 Å². The Morgan fingerprint density at radius 3 is 2.35 bits per heavy atom. The van der Waals surface area contributed by atoms with Crippen LogP contribution in [0.2, 0.25) is 0 Å². The SMILES string of the molecule is CCCC(=O)C1=C(O)C(C)=C(O)C(C)(O)C1=O. The second-order valence-electron chi connectivity index (χ2n) is 4.27. The van der Waals surface area contributed by atoms with Gasteiger partial charge in [0, 0.05) is 12.0 Å². The van der Waals surface area contributed by atoms with E-state index in [2.05, 4.69) is 0 Å². The van der Waals surface area contributed by atoms with E-state index >= 15 is 0 Å². The number of allylic oxidation sites excluding steroid dienone is 1. The van der Waals surface area contributed by atoms with Crippen LogP contribution in [-0.4, -0.2) is 32.5 Å². The quantitative estimate of drug-likeness (QED) is 0.647. The van der Waals surface area contributed by atoms with Gasteiger partial charge in [0.05, 0.1) is 0 Å². The zero-order valence-corrected chi connectivity index (χ0v) is 10.1. The fourth-order valence-electron chi connectivity index (χ4n) is 1.73. The summed E-state index contributed by atoms with van der Waals surface area (Å²) in [7, 11) is 0. The molecule has 0 aromatic rings. The van der Waals surface area contributed by atoms with Gasteiger partial charge in [0.25, 0.3) is 0 Å². The molecule has 94 valence electrons. The molecule has 5 heteroatoms. The van der Waals surface area contributed by atoms with Crippen molar-refractivity contribution in [2.24, 2.45) is 0 Å². The largest absolute Gasteiger partial charge is 0.508 e. The van der Waals surface area contributed by atoms with Crippen molar-refractivity contribution in [3.05, 3.63) is 22.7 Å². The van der Waals surface area contributed by atoms with Crippen molar-refractivity contribution >= 4 is 11.6 Å². The van der Waals surface area contributed by atoms with Crippen molar-refractivity contribution in [3.8, 4) is 0 Å². The van der Waals surface area contributed by atoms with Crippen molar-refractivity contribution in [2.45, 2.75) is 39.2 Å². The standard InChI is InChI=1S/C12H16O5/c1-4-5-7(13)8-9(14)6(2)10(15)12(3,17)11(8)16/h14-15,17H,4-5H2,1-3H3. The van der Waals surface area contributed by atoms with Gasteiger partial charge in [-0.1, -0.05) is 6.92 Å². The van der Waals surface area contributed by atoms with Crippen LogP contribution in [0.4, 0.5) is 0 Å². The fraction of sp³-hybridized carbons (Fsp3) is 0.500. The highest BCUT2D eigenvalue weighted by Crippen LogP contribution is 2.33. The molecule has 0 fully saturated rings. The van der Waals surface area contributed by atoms with E-state index in [4.69, 9.17) is 0 Å². The highest BCUT2D eigenvalue weighted by molar-refractivity contribution is 6.25. The van der Waals surface area contributed by atoms with Crippen molar-refractivity contribution in [2.75, 3.05) is 0 Å². The minimum atomic E-state index is -2.14. The smallest absolute Gasteiger partial charge is 0.209 e. The number of aliphatic hydroxyl groups excluding tert-OH is 2. The zero-order valence-electron chi connectivity index (χ0n) is 10.1. The van der Waals surface area contributed by atoms with Gasteiger partial charge in [0.15, 0.2) is 11.4 Å². The van der Waals surface area contributed by atoms with Crippen LogP contribution in [0.15, 0.2) is 22.7 Å². The molecular formula is C12H16O5. The summed E-state index contributed by atoms with van der Waals surface area (Å²) in [6.07, 6.45) is 0.634. The Morgan fingerprint density at radius 2 is 1.88 bits per heavy atom. The zero-order chi connectivity index (χ0) is 13.4. The summed E-state index contributed by atoms with van der Waals surface area (Å²) in [5, 5.41) is 29.1. The summed E-state index contributed by atoms with van der Waals surface area (Å²) < 4.78 is 0. The minimum Gasteiger partial charge on any atom is -0.508 e. The normalized spacial score (nSPS) is 25.5. The van der Waals surface area contributed by atoms with Crippen molar-refractivity contribution in [1.82, 2.24) is 0 Å². The van der Waals surface area contributed by atoms with E-state index in [1.54, 1.807) is 6.92 Å². The minimum absolute atomic E-state index is 0.0472. The Balaban J connectivity index is 3.37. The van der Waals surface area contributed by atoms with Gasteiger partial charge in [-0.05, 0) is 20.3 Å². The average Bonchev–Trinajstić information content (AvgIpc) is 2.25. The lowest BCUT2D eigenvalue weighted by atomic mass is 9.81. The van der Waals surface area contributed by atoms with Crippen LogP contribution >= 0.6 is 0 Å². The maximum absolute atomic E-state index is 11.8. The molecule has 3 N–H and O–H groups in total. The Hall–Kier alpha value is -1.62. The molecule has 0 bridgehead atoms. The number of ketones is 2. The van der Waals surface area contributed by atoms with E-state index in [0.29, 0.717) is 6.42 Å². The number of hydrogen-bond donors (Lipinski definition) is 3. The topological polar surface area (TPSA) is 94.8 Å². The molecule has 0 aromatic carbocycles. The van der Waals surface area contributed by atoms with Crippen LogP contribution in [0.5, 0.6) is 0 Å². The maximum Gasteiger partial charge on any atom is 0.209 e. The monoisotopic (exact) mass is 240 g/mol.